The Balaban J connectivity index is 0.000000345. The summed E-state index contributed by atoms with van der Waals surface area (Å²) in [6.07, 6.45) is 2.91. The minimum absolute atomic E-state index is 0.0852. The zero-order valence-corrected chi connectivity index (χ0v) is 15.2. The van der Waals surface area contributed by atoms with Gasteiger partial charge >= 0.3 is 11.7 Å². The molecule has 0 aliphatic carbocycles. The van der Waals surface area contributed by atoms with Crippen molar-refractivity contribution in [2.75, 3.05) is 31.2 Å². The number of carboxylic acid groups (broad SMARTS) is 1. The van der Waals surface area contributed by atoms with Crippen molar-refractivity contribution >= 4 is 28.8 Å². The molecule has 2 aromatic rings. The molecule has 0 aliphatic rings. The molecule has 12 nitrogen and oxygen atoms in total. The lowest BCUT2D eigenvalue weighted by atomic mass is 10.2. The molecule has 2 rings (SSSR count). The van der Waals surface area contributed by atoms with E-state index in [1.165, 1.54) is 4.57 Å². The molecular formula is C15H26N8O4. The fraction of sp³-hybridized carbons (Fsp3) is 0.533. The lowest BCUT2D eigenvalue weighted by Crippen LogP contribution is -2.30. The third-order valence-electron chi connectivity index (χ3n) is 3.54. The number of nitrogens with zero attached hydrogens (tertiary/aromatic N) is 3. The number of H-pyrrole nitrogens is 1. The molecule has 0 bridgehead atoms. The van der Waals surface area contributed by atoms with Crippen molar-refractivity contribution in [3.05, 3.63) is 20.8 Å². The van der Waals surface area contributed by atoms with Gasteiger partial charge in [-0.25, -0.2) is 4.79 Å². The number of nitrogens with one attached hydrogen (secondary N) is 2. The third-order valence-corrected chi connectivity index (χ3v) is 3.54. The molecule has 0 aliphatic heterocycles. The van der Waals surface area contributed by atoms with Gasteiger partial charge in [0.25, 0.3) is 5.56 Å². The molecule has 0 fully saturated rings. The second kappa shape index (κ2) is 10.9. The predicted octanol–water partition coefficient (Wildman–Crippen LogP) is -1.35. The van der Waals surface area contributed by atoms with E-state index in [9.17, 15) is 14.4 Å². The highest BCUT2D eigenvalue weighted by Crippen LogP contribution is 2.11. The second-order valence-electron chi connectivity index (χ2n) is 5.58. The molecule has 9 N–H and O–H groups in total. The van der Waals surface area contributed by atoms with Gasteiger partial charge in [-0.3, -0.25) is 19.1 Å². The van der Waals surface area contributed by atoms with E-state index in [0.717, 1.165) is 19.3 Å². The molecule has 0 amide bonds. The summed E-state index contributed by atoms with van der Waals surface area (Å²) in [5, 5.41) is 11.0. The van der Waals surface area contributed by atoms with E-state index in [0.29, 0.717) is 6.54 Å². The van der Waals surface area contributed by atoms with Crippen molar-refractivity contribution in [2.24, 2.45) is 11.5 Å². The van der Waals surface area contributed by atoms with Crippen molar-refractivity contribution in [3.8, 4) is 0 Å². The number of aromatic amines is 1. The average Bonchev–Trinajstić information content (AvgIpc) is 2.61. The van der Waals surface area contributed by atoms with Gasteiger partial charge in [0.15, 0.2) is 5.65 Å². The van der Waals surface area contributed by atoms with Crippen molar-refractivity contribution in [3.63, 3.8) is 0 Å². The number of aromatic nitrogens is 4. The monoisotopic (exact) mass is 382 g/mol. The van der Waals surface area contributed by atoms with Gasteiger partial charge < -0.3 is 27.6 Å². The van der Waals surface area contributed by atoms with Crippen LogP contribution in [-0.2, 0) is 11.3 Å². The molecule has 0 saturated heterocycles. The minimum atomic E-state index is -0.716. The van der Waals surface area contributed by atoms with Gasteiger partial charge in [-0.15, -0.1) is 0 Å². The van der Waals surface area contributed by atoms with Crippen LogP contribution in [0.4, 0.5) is 11.8 Å². The first-order valence-electron chi connectivity index (χ1n) is 8.45. The van der Waals surface area contributed by atoms with Gasteiger partial charge in [-0.05, 0) is 19.4 Å². The van der Waals surface area contributed by atoms with Crippen molar-refractivity contribution in [2.45, 2.75) is 32.2 Å². The Morgan fingerprint density at radius 3 is 2.44 bits per heavy atom. The zero-order chi connectivity index (χ0) is 20.4. The highest BCUT2D eigenvalue weighted by molar-refractivity contribution is 5.85. The normalized spacial score (nSPS) is 10.3. The number of rotatable bonds is 8. The third kappa shape index (κ3) is 6.34. The van der Waals surface area contributed by atoms with Crippen LogP contribution in [0.2, 0.25) is 0 Å². The summed E-state index contributed by atoms with van der Waals surface area (Å²) in [6.45, 7) is 1.10. The van der Waals surface area contributed by atoms with Gasteiger partial charge in [0, 0.05) is 26.6 Å². The van der Waals surface area contributed by atoms with Crippen LogP contribution in [0.3, 0.4) is 0 Å². The van der Waals surface area contributed by atoms with Crippen LogP contribution in [0.5, 0.6) is 0 Å². The summed E-state index contributed by atoms with van der Waals surface area (Å²) < 4.78 is 1.22. The fourth-order valence-electron chi connectivity index (χ4n) is 2.24. The molecule has 12 heteroatoms. The summed E-state index contributed by atoms with van der Waals surface area (Å²) in [5.41, 5.74) is 15.3. The standard InChI is InChI=1S/C9H13N7O2.C6H13NO2/c1-12-8-14-6-4(7(17)15-8)5(11)13-9(18)16(6)3-2-10;7-5-3-1-2-4-6(8)9/h2-3,10H2,1H3,(H2,11,13,18)(H2,12,14,15,17);1-5,7H2,(H,8,9). The lowest BCUT2D eigenvalue weighted by Gasteiger charge is -2.09. The molecule has 0 radical (unpaired) electrons. The molecule has 2 aromatic heterocycles. The number of nitrogen functional groups attached to an aromatic ring is 1. The van der Waals surface area contributed by atoms with Crippen LogP contribution in [-0.4, -0.2) is 50.7 Å². The number of hydrogen-bond acceptors (Lipinski definition) is 9. The van der Waals surface area contributed by atoms with Crippen molar-refractivity contribution < 1.29 is 9.90 Å². The van der Waals surface area contributed by atoms with E-state index in [4.69, 9.17) is 22.3 Å². The van der Waals surface area contributed by atoms with E-state index < -0.39 is 17.2 Å². The molecule has 0 saturated carbocycles. The van der Waals surface area contributed by atoms with E-state index in [2.05, 4.69) is 20.3 Å². The Morgan fingerprint density at radius 1 is 1.19 bits per heavy atom. The first-order chi connectivity index (χ1) is 12.8. The number of aliphatic carboxylic acids is 1. The number of carbonyl (C=O) groups is 1. The molecule has 27 heavy (non-hydrogen) atoms. The van der Waals surface area contributed by atoms with Gasteiger partial charge in [0.05, 0.1) is 0 Å². The van der Waals surface area contributed by atoms with E-state index >= 15 is 0 Å². The summed E-state index contributed by atoms with van der Waals surface area (Å²) in [4.78, 5) is 43.7. The van der Waals surface area contributed by atoms with E-state index in [1.54, 1.807) is 7.05 Å². The summed E-state index contributed by atoms with van der Waals surface area (Å²) in [5.74, 6) is -0.616. The number of fused-ring (bicyclic) bond motifs is 1. The topological polar surface area (TPSA) is 208 Å². The molecule has 0 atom stereocenters. The Labute approximate surface area is 154 Å². The Hall–Kier alpha value is -2.99. The molecular weight excluding hydrogens is 356 g/mol. The maximum absolute atomic E-state index is 11.8. The smallest absolute Gasteiger partial charge is 0.351 e. The molecule has 0 unspecified atom stereocenters. The highest BCUT2D eigenvalue weighted by Gasteiger charge is 2.13. The maximum atomic E-state index is 11.8. The molecule has 150 valence electrons. The van der Waals surface area contributed by atoms with Gasteiger partial charge in [-0.1, -0.05) is 6.42 Å². The lowest BCUT2D eigenvalue weighted by molar-refractivity contribution is -0.137. The van der Waals surface area contributed by atoms with Crippen LogP contribution in [0.15, 0.2) is 9.59 Å². The number of unbranched alkanes of at least 4 members (excludes halogenated alkanes) is 2. The Kier molecular flexibility index (Phi) is 8.89. The van der Waals surface area contributed by atoms with Crippen LogP contribution < -0.4 is 33.8 Å². The first-order valence-corrected chi connectivity index (χ1v) is 8.45. The molecule has 0 aromatic carbocycles. The van der Waals surface area contributed by atoms with Crippen LogP contribution in [0.1, 0.15) is 25.7 Å². The average molecular weight is 382 g/mol. The summed E-state index contributed by atoms with van der Waals surface area (Å²) in [6, 6.07) is 0. The molecule has 0 spiro atoms. The minimum Gasteiger partial charge on any atom is -0.481 e. The number of carboxylic acids is 1. The van der Waals surface area contributed by atoms with E-state index in [1.807, 2.05) is 0 Å². The number of hydrogen-bond donors (Lipinski definition) is 6. The van der Waals surface area contributed by atoms with Gasteiger partial charge in [0.2, 0.25) is 5.95 Å². The molecule has 2 heterocycles. The fourth-order valence-corrected chi connectivity index (χ4v) is 2.24. The number of nitrogens with two attached hydrogens (primary N) is 3. The quantitative estimate of drug-likeness (QED) is 0.296. The van der Waals surface area contributed by atoms with Crippen LogP contribution in [0, 0.1) is 0 Å². The largest absolute Gasteiger partial charge is 0.481 e. The second-order valence-corrected chi connectivity index (χ2v) is 5.58. The van der Waals surface area contributed by atoms with Crippen molar-refractivity contribution in [1.82, 2.24) is 19.5 Å². The highest BCUT2D eigenvalue weighted by atomic mass is 16.4. The SMILES string of the molecule is CNc1nc2c(c(N)nc(=O)n2CCN)c(=O)[nH]1.NCCCCCC(=O)O. The Morgan fingerprint density at radius 2 is 1.89 bits per heavy atom. The number of anilines is 2. The van der Waals surface area contributed by atoms with Crippen LogP contribution in [0.25, 0.3) is 11.0 Å². The first kappa shape index (κ1) is 22.1. The zero-order valence-electron chi connectivity index (χ0n) is 15.2. The summed E-state index contributed by atoms with van der Waals surface area (Å²) >= 11 is 0. The van der Waals surface area contributed by atoms with Crippen molar-refractivity contribution in [1.29, 1.82) is 0 Å². The summed E-state index contributed by atoms with van der Waals surface area (Å²) in [7, 11) is 1.60. The van der Waals surface area contributed by atoms with Gasteiger partial charge in [0.1, 0.15) is 11.2 Å². The van der Waals surface area contributed by atoms with E-state index in [-0.39, 0.29) is 42.3 Å². The maximum Gasteiger partial charge on any atom is 0.351 e. The van der Waals surface area contributed by atoms with Crippen LogP contribution >= 0.6 is 0 Å². The Bertz CT molecular complexity index is 876. The predicted molar refractivity (Wildman–Crippen MR) is 103 cm³/mol. The van der Waals surface area contributed by atoms with Gasteiger partial charge in [-0.2, -0.15) is 9.97 Å².